The third kappa shape index (κ3) is 3.34. The van der Waals surface area contributed by atoms with Crippen molar-refractivity contribution < 1.29 is 19.5 Å². The van der Waals surface area contributed by atoms with Gasteiger partial charge >= 0.3 is 0 Å². The van der Waals surface area contributed by atoms with Gasteiger partial charge < -0.3 is 19.5 Å². The molecule has 2 aromatic carbocycles. The molecule has 1 aliphatic rings. The fourth-order valence-electron chi connectivity index (χ4n) is 3.56. The predicted molar refractivity (Wildman–Crippen MR) is 93.8 cm³/mol. The summed E-state index contributed by atoms with van der Waals surface area (Å²) in [7, 11) is 5.00. The maximum atomic E-state index is 5.54. The van der Waals surface area contributed by atoms with Crippen LogP contribution in [0.4, 0.5) is 0 Å². The average molecular weight is 328 g/mol. The molecule has 0 aliphatic heterocycles. The second-order valence-electron chi connectivity index (χ2n) is 6.16. The first-order chi connectivity index (χ1) is 11.8. The molecule has 4 nitrogen and oxygen atoms in total. The van der Waals surface area contributed by atoms with Gasteiger partial charge in [0.05, 0.1) is 26.9 Å². The molecular formula is C20H26NO3+. The molecule has 0 bridgehead atoms. The Morgan fingerprint density at radius 2 is 1.67 bits per heavy atom. The van der Waals surface area contributed by atoms with Gasteiger partial charge in [-0.2, -0.15) is 0 Å². The molecule has 4 heteroatoms. The van der Waals surface area contributed by atoms with Crippen molar-refractivity contribution in [3.63, 3.8) is 0 Å². The van der Waals surface area contributed by atoms with Crippen LogP contribution in [0.5, 0.6) is 17.2 Å². The van der Waals surface area contributed by atoms with E-state index < -0.39 is 0 Å². The molecule has 0 fully saturated rings. The summed E-state index contributed by atoms with van der Waals surface area (Å²) in [6.45, 7) is 0.850. The molecule has 1 aliphatic carbocycles. The highest BCUT2D eigenvalue weighted by molar-refractivity contribution is 5.50. The highest BCUT2D eigenvalue weighted by atomic mass is 16.5. The zero-order valence-electron chi connectivity index (χ0n) is 14.7. The van der Waals surface area contributed by atoms with Crippen LogP contribution in [-0.4, -0.2) is 21.3 Å². The minimum Gasteiger partial charge on any atom is -0.496 e. The predicted octanol–water partition coefficient (Wildman–Crippen LogP) is 2.85. The summed E-state index contributed by atoms with van der Waals surface area (Å²) in [5, 5.41) is 2.40. The number of ether oxygens (including phenoxy) is 3. The van der Waals surface area contributed by atoms with E-state index in [9.17, 15) is 0 Å². The van der Waals surface area contributed by atoms with E-state index >= 15 is 0 Å². The minimum absolute atomic E-state index is 0.507. The summed E-state index contributed by atoms with van der Waals surface area (Å²) in [5.41, 5.74) is 4.09. The van der Waals surface area contributed by atoms with Crippen LogP contribution in [0, 0.1) is 0 Å². The Balaban J connectivity index is 1.80. The second kappa shape index (κ2) is 7.58. The fraction of sp³-hybridized carbons (Fsp3) is 0.400. The van der Waals surface area contributed by atoms with Gasteiger partial charge in [-0.25, -0.2) is 0 Å². The van der Waals surface area contributed by atoms with Gasteiger partial charge in [-0.3, -0.25) is 0 Å². The average Bonchev–Trinajstić information content (AvgIpc) is 2.65. The summed E-state index contributed by atoms with van der Waals surface area (Å²) in [5.74, 6) is 2.28. The lowest BCUT2D eigenvalue weighted by Crippen LogP contribution is -2.84. The van der Waals surface area contributed by atoms with E-state index in [-0.39, 0.29) is 0 Å². The van der Waals surface area contributed by atoms with E-state index in [1.54, 1.807) is 21.3 Å². The summed E-state index contributed by atoms with van der Waals surface area (Å²) in [4.78, 5) is 0. The second-order valence-corrected chi connectivity index (χ2v) is 6.16. The highest BCUT2D eigenvalue weighted by Crippen LogP contribution is 2.34. The Kier molecular flexibility index (Phi) is 5.26. The first kappa shape index (κ1) is 16.7. The molecule has 0 amide bonds. The van der Waals surface area contributed by atoms with Crippen LogP contribution < -0.4 is 19.5 Å². The van der Waals surface area contributed by atoms with Crippen molar-refractivity contribution in [2.75, 3.05) is 21.3 Å². The van der Waals surface area contributed by atoms with Gasteiger partial charge in [-0.15, -0.1) is 0 Å². The number of hydrogen-bond acceptors (Lipinski definition) is 3. The Morgan fingerprint density at radius 3 is 2.42 bits per heavy atom. The van der Waals surface area contributed by atoms with Crippen molar-refractivity contribution in [1.29, 1.82) is 0 Å². The largest absolute Gasteiger partial charge is 0.496 e. The molecule has 0 aromatic heterocycles. The first-order valence-corrected chi connectivity index (χ1v) is 8.46. The number of fused-ring (bicyclic) bond motifs is 1. The van der Waals surface area contributed by atoms with Gasteiger partial charge in [0.2, 0.25) is 0 Å². The molecule has 0 saturated carbocycles. The third-order valence-corrected chi connectivity index (χ3v) is 4.82. The molecule has 0 spiro atoms. The van der Waals surface area contributed by atoms with Crippen LogP contribution in [0.1, 0.15) is 35.6 Å². The van der Waals surface area contributed by atoms with Crippen LogP contribution >= 0.6 is 0 Å². The number of quaternary nitrogens is 1. The normalized spacial score (nSPS) is 16.4. The van der Waals surface area contributed by atoms with Crippen molar-refractivity contribution in [2.24, 2.45) is 0 Å². The topological polar surface area (TPSA) is 44.3 Å². The SMILES string of the molecule is COc1cc(OC)c(OC)cc1C[NH2+][C@H]1CCCc2ccccc21. The maximum absolute atomic E-state index is 5.54. The van der Waals surface area contributed by atoms with Gasteiger partial charge in [0.15, 0.2) is 11.5 Å². The molecule has 0 heterocycles. The summed E-state index contributed by atoms with van der Waals surface area (Å²) >= 11 is 0. The lowest BCUT2D eigenvalue weighted by molar-refractivity contribution is -0.712. The van der Waals surface area contributed by atoms with Crippen LogP contribution in [0.3, 0.4) is 0 Å². The summed E-state index contributed by atoms with van der Waals surface area (Å²) in [6.07, 6.45) is 3.66. The number of benzene rings is 2. The first-order valence-electron chi connectivity index (χ1n) is 8.46. The molecule has 0 radical (unpaired) electrons. The molecule has 2 aromatic rings. The lowest BCUT2D eigenvalue weighted by atomic mass is 9.87. The van der Waals surface area contributed by atoms with E-state index in [1.807, 2.05) is 12.1 Å². The van der Waals surface area contributed by atoms with Gasteiger partial charge in [0.1, 0.15) is 18.3 Å². The zero-order chi connectivity index (χ0) is 16.9. The number of rotatable bonds is 6. The van der Waals surface area contributed by atoms with Crippen molar-refractivity contribution in [1.82, 2.24) is 0 Å². The summed E-state index contributed by atoms with van der Waals surface area (Å²) < 4.78 is 16.3. The molecule has 3 rings (SSSR count). The van der Waals surface area contributed by atoms with Gasteiger partial charge in [0.25, 0.3) is 0 Å². The van der Waals surface area contributed by atoms with E-state index in [4.69, 9.17) is 14.2 Å². The molecule has 0 unspecified atom stereocenters. The third-order valence-electron chi connectivity index (χ3n) is 4.82. The van der Waals surface area contributed by atoms with Crippen molar-refractivity contribution in [3.05, 3.63) is 53.1 Å². The van der Waals surface area contributed by atoms with Gasteiger partial charge in [-0.1, -0.05) is 24.3 Å². The molecular weight excluding hydrogens is 302 g/mol. The van der Waals surface area contributed by atoms with Crippen LogP contribution in [0.25, 0.3) is 0 Å². The standard InChI is InChI=1S/C20H25NO3/c1-22-18-12-20(24-3)19(23-2)11-15(18)13-21-17-10-6-8-14-7-4-5-9-16(14)17/h4-5,7,9,11-12,17,21H,6,8,10,13H2,1-3H3/p+1/t17-/m0/s1. The lowest BCUT2D eigenvalue weighted by Gasteiger charge is -2.24. The minimum atomic E-state index is 0.507. The van der Waals surface area contributed by atoms with Crippen LogP contribution in [0.2, 0.25) is 0 Å². The van der Waals surface area contributed by atoms with E-state index in [0.29, 0.717) is 11.8 Å². The summed E-state index contributed by atoms with van der Waals surface area (Å²) in [6, 6.07) is 13.2. The molecule has 128 valence electrons. The number of nitrogens with two attached hydrogens (primary N) is 1. The van der Waals surface area contributed by atoms with Crippen molar-refractivity contribution in [3.8, 4) is 17.2 Å². The fourth-order valence-corrected chi connectivity index (χ4v) is 3.56. The van der Waals surface area contributed by atoms with Gasteiger partial charge in [-0.05, 0) is 24.5 Å². The quantitative estimate of drug-likeness (QED) is 0.887. The Labute approximate surface area is 143 Å². The maximum Gasteiger partial charge on any atom is 0.164 e. The van der Waals surface area contributed by atoms with E-state index in [1.165, 1.54) is 30.4 Å². The Bertz CT molecular complexity index is 699. The van der Waals surface area contributed by atoms with Crippen LogP contribution in [0.15, 0.2) is 36.4 Å². The molecule has 0 saturated heterocycles. The Hall–Kier alpha value is -2.20. The highest BCUT2D eigenvalue weighted by Gasteiger charge is 2.23. The van der Waals surface area contributed by atoms with Gasteiger partial charge in [0, 0.05) is 18.1 Å². The molecule has 1 atom stereocenters. The monoisotopic (exact) mass is 328 g/mol. The molecule has 24 heavy (non-hydrogen) atoms. The number of methoxy groups -OCH3 is 3. The van der Waals surface area contributed by atoms with Crippen LogP contribution in [-0.2, 0) is 13.0 Å². The Morgan fingerprint density at radius 1 is 0.958 bits per heavy atom. The van der Waals surface area contributed by atoms with Crippen molar-refractivity contribution in [2.45, 2.75) is 31.8 Å². The smallest absolute Gasteiger partial charge is 0.164 e. The van der Waals surface area contributed by atoms with E-state index in [0.717, 1.165) is 23.6 Å². The van der Waals surface area contributed by atoms with Crippen molar-refractivity contribution >= 4 is 0 Å². The molecule has 2 N–H and O–H groups in total. The number of hydrogen-bond donors (Lipinski definition) is 1. The number of aryl methyl sites for hydroxylation is 1. The van der Waals surface area contributed by atoms with E-state index in [2.05, 4.69) is 29.6 Å². The zero-order valence-corrected chi connectivity index (χ0v) is 14.7.